The molecule has 0 saturated heterocycles. The first kappa shape index (κ1) is 16.2. The average Bonchev–Trinajstić information content (AvgIpc) is 2.34. The lowest BCUT2D eigenvalue weighted by atomic mass is 10.1. The highest BCUT2D eigenvalue weighted by Crippen LogP contribution is 2.04. The maximum absolute atomic E-state index is 11.2. The van der Waals surface area contributed by atoms with Crippen LogP contribution < -0.4 is 22.5 Å². The first-order valence-corrected chi connectivity index (χ1v) is 5.52. The lowest BCUT2D eigenvalue weighted by Crippen LogP contribution is -2.31. The molecule has 0 aliphatic heterocycles. The minimum atomic E-state index is -0.532. The van der Waals surface area contributed by atoms with Crippen LogP contribution in [0.5, 0.6) is 0 Å². The van der Waals surface area contributed by atoms with Gasteiger partial charge in [-0.15, -0.1) is 0 Å². The van der Waals surface area contributed by atoms with Gasteiger partial charge in [-0.2, -0.15) is 0 Å². The van der Waals surface area contributed by atoms with Gasteiger partial charge in [-0.3, -0.25) is 30.0 Å². The molecule has 0 atom stereocenters. The third kappa shape index (κ3) is 8.36. The van der Waals surface area contributed by atoms with E-state index in [1.54, 1.807) is 0 Å². The van der Waals surface area contributed by atoms with Crippen LogP contribution in [-0.2, 0) is 19.2 Å². The van der Waals surface area contributed by atoms with Crippen LogP contribution in [-0.4, -0.2) is 23.4 Å². The van der Waals surface area contributed by atoms with Crippen molar-refractivity contribution < 1.29 is 19.2 Å². The molecule has 6 N–H and O–H groups in total. The predicted molar refractivity (Wildman–Crippen MR) is 62.4 cm³/mol. The Balaban J connectivity index is 3.61. The summed E-state index contributed by atoms with van der Waals surface area (Å²) in [5, 5.41) is 0. The molecule has 8 heteroatoms. The highest BCUT2D eigenvalue weighted by molar-refractivity contribution is 5.98. The van der Waals surface area contributed by atoms with Gasteiger partial charge in [-0.25, -0.2) is 11.7 Å². The molecular weight excluding hydrogens is 240 g/mol. The quantitative estimate of drug-likeness (QED) is 0.129. The van der Waals surface area contributed by atoms with Gasteiger partial charge in [0.2, 0.25) is 11.8 Å². The molecule has 18 heavy (non-hydrogen) atoms. The topological polar surface area (TPSA) is 144 Å². The number of amides is 2. The predicted octanol–water partition coefficient (Wildman–Crippen LogP) is -1.55. The fraction of sp³-hybridized carbons (Fsp3) is 0.600. The van der Waals surface area contributed by atoms with Crippen molar-refractivity contribution >= 4 is 23.4 Å². The van der Waals surface area contributed by atoms with Crippen molar-refractivity contribution in [1.29, 1.82) is 0 Å². The second kappa shape index (κ2) is 9.25. The summed E-state index contributed by atoms with van der Waals surface area (Å²) in [5.41, 5.74) is 3.72. The van der Waals surface area contributed by atoms with Crippen molar-refractivity contribution in [2.24, 2.45) is 11.7 Å². The monoisotopic (exact) mass is 258 g/mol. The second-order valence-electron chi connectivity index (χ2n) is 3.77. The normalized spacial score (nSPS) is 9.67. The van der Waals surface area contributed by atoms with Crippen LogP contribution in [0.4, 0.5) is 0 Å². The number of ketones is 2. The average molecular weight is 258 g/mol. The molecule has 102 valence electrons. The number of hydrogen-bond donors (Lipinski definition) is 4. The van der Waals surface area contributed by atoms with E-state index in [4.69, 9.17) is 11.7 Å². The lowest BCUT2D eigenvalue weighted by Gasteiger charge is -2.01. The van der Waals surface area contributed by atoms with Gasteiger partial charge in [0.1, 0.15) is 11.6 Å². The Morgan fingerprint density at radius 1 is 0.722 bits per heavy atom. The minimum Gasteiger partial charge on any atom is -0.299 e. The maximum Gasteiger partial charge on any atom is 0.241 e. The molecule has 2 amide bonds. The van der Waals surface area contributed by atoms with E-state index in [0.717, 1.165) is 0 Å². The zero-order valence-corrected chi connectivity index (χ0v) is 10.0. The molecular formula is C10H18N4O4. The van der Waals surface area contributed by atoms with E-state index >= 15 is 0 Å². The van der Waals surface area contributed by atoms with Crippen LogP contribution in [0.3, 0.4) is 0 Å². The third-order valence-electron chi connectivity index (χ3n) is 2.20. The first-order chi connectivity index (χ1) is 8.49. The zero-order valence-electron chi connectivity index (χ0n) is 10.0. The number of nitrogens with one attached hydrogen (secondary N) is 2. The Morgan fingerprint density at radius 3 is 1.33 bits per heavy atom. The van der Waals surface area contributed by atoms with E-state index in [2.05, 4.69) is 0 Å². The van der Waals surface area contributed by atoms with Crippen molar-refractivity contribution in [3.8, 4) is 0 Å². The molecule has 0 radical (unpaired) electrons. The van der Waals surface area contributed by atoms with Crippen molar-refractivity contribution in [2.75, 3.05) is 0 Å². The van der Waals surface area contributed by atoms with E-state index in [1.165, 1.54) is 0 Å². The zero-order chi connectivity index (χ0) is 14.0. The fourth-order valence-electron chi connectivity index (χ4n) is 1.28. The molecule has 8 nitrogen and oxygen atoms in total. The summed E-state index contributed by atoms with van der Waals surface area (Å²) in [6.07, 6.45) is 0.910. The van der Waals surface area contributed by atoms with E-state index in [0.29, 0.717) is 12.8 Å². The summed E-state index contributed by atoms with van der Waals surface area (Å²) >= 11 is 0. The molecule has 0 aliphatic rings. The number of rotatable bonds is 9. The molecule has 0 heterocycles. The third-order valence-corrected chi connectivity index (χ3v) is 2.20. The number of carbonyl (C=O) groups excluding carboxylic acids is 4. The molecule has 0 saturated carbocycles. The molecule has 0 aromatic rings. The molecule has 0 aromatic heterocycles. The largest absolute Gasteiger partial charge is 0.299 e. The molecule has 0 unspecified atom stereocenters. The van der Waals surface area contributed by atoms with E-state index in [9.17, 15) is 19.2 Å². The summed E-state index contributed by atoms with van der Waals surface area (Å²) in [5.74, 6) is 8.13. The first-order valence-electron chi connectivity index (χ1n) is 5.52. The van der Waals surface area contributed by atoms with E-state index in [1.807, 2.05) is 10.9 Å². The highest BCUT2D eigenvalue weighted by atomic mass is 16.2. The summed E-state index contributed by atoms with van der Waals surface area (Å²) in [6.45, 7) is 0. The number of nitrogens with two attached hydrogens (primary N) is 2. The van der Waals surface area contributed by atoms with Gasteiger partial charge in [0.15, 0.2) is 0 Å². The number of unbranched alkanes of at least 4 members (excludes halogenated alkanes) is 1. The Labute approximate surface area is 104 Å². The highest BCUT2D eigenvalue weighted by Gasteiger charge is 2.10. The van der Waals surface area contributed by atoms with Crippen LogP contribution >= 0.6 is 0 Å². The van der Waals surface area contributed by atoms with Crippen LogP contribution in [0.1, 0.15) is 38.5 Å². The number of carbonyl (C=O) groups is 4. The van der Waals surface area contributed by atoms with Crippen molar-refractivity contribution in [3.05, 3.63) is 0 Å². The van der Waals surface area contributed by atoms with Gasteiger partial charge in [0.25, 0.3) is 0 Å². The van der Waals surface area contributed by atoms with Gasteiger partial charge >= 0.3 is 0 Å². The number of hydrogen-bond acceptors (Lipinski definition) is 6. The number of Topliss-reactive ketones (excluding diaryl/α,β-unsaturated/α-hetero) is 2. The van der Waals surface area contributed by atoms with Gasteiger partial charge in [0.05, 0.1) is 12.8 Å². The second-order valence-corrected chi connectivity index (χ2v) is 3.77. The Hall–Kier alpha value is -1.80. The molecule has 0 aliphatic carbocycles. The van der Waals surface area contributed by atoms with Gasteiger partial charge in [0, 0.05) is 12.8 Å². The van der Waals surface area contributed by atoms with E-state index < -0.39 is 11.8 Å². The Kier molecular flexibility index (Phi) is 8.33. The molecule has 0 rings (SSSR count). The van der Waals surface area contributed by atoms with Crippen LogP contribution in [0, 0.1) is 0 Å². The van der Waals surface area contributed by atoms with Crippen LogP contribution in [0.15, 0.2) is 0 Å². The number of hydrazine groups is 2. The minimum absolute atomic E-state index is 0.212. The smallest absolute Gasteiger partial charge is 0.241 e. The molecule has 0 bridgehead atoms. The SMILES string of the molecule is NNC(=O)CC(=O)CCCCC(=O)CC(=O)NN. The van der Waals surface area contributed by atoms with Crippen molar-refractivity contribution in [2.45, 2.75) is 38.5 Å². The summed E-state index contributed by atoms with van der Waals surface area (Å²) < 4.78 is 0. The van der Waals surface area contributed by atoms with Crippen LogP contribution in [0.25, 0.3) is 0 Å². The molecule has 0 aromatic carbocycles. The summed E-state index contributed by atoms with van der Waals surface area (Å²) in [7, 11) is 0. The maximum atomic E-state index is 11.2. The Bertz CT molecular complexity index is 298. The summed E-state index contributed by atoms with van der Waals surface area (Å²) in [4.78, 5) is 43.9. The van der Waals surface area contributed by atoms with Gasteiger partial charge in [-0.1, -0.05) is 0 Å². The molecule has 0 spiro atoms. The van der Waals surface area contributed by atoms with Crippen molar-refractivity contribution in [1.82, 2.24) is 10.9 Å². The Morgan fingerprint density at radius 2 is 1.06 bits per heavy atom. The summed E-state index contributed by atoms with van der Waals surface area (Å²) in [6, 6.07) is 0. The van der Waals surface area contributed by atoms with Gasteiger partial charge < -0.3 is 0 Å². The molecule has 0 fully saturated rings. The van der Waals surface area contributed by atoms with Crippen LogP contribution in [0.2, 0.25) is 0 Å². The fourth-order valence-corrected chi connectivity index (χ4v) is 1.28. The lowest BCUT2D eigenvalue weighted by molar-refractivity contribution is -0.130. The van der Waals surface area contributed by atoms with Gasteiger partial charge in [-0.05, 0) is 12.8 Å². The van der Waals surface area contributed by atoms with E-state index in [-0.39, 0.29) is 37.2 Å². The standard InChI is InChI=1S/C10H18N4O4/c11-13-9(17)5-7(15)3-1-2-4-8(16)6-10(18)14-12/h1-6,11-12H2,(H,13,17)(H,14,18). The van der Waals surface area contributed by atoms with Crippen molar-refractivity contribution in [3.63, 3.8) is 0 Å².